The first-order valence-corrected chi connectivity index (χ1v) is 4.81. The number of hydrogen-bond acceptors (Lipinski definition) is 2. The van der Waals surface area contributed by atoms with Crippen molar-refractivity contribution >= 4 is 41.7 Å². The molecule has 0 saturated carbocycles. The van der Waals surface area contributed by atoms with E-state index in [9.17, 15) is 4.79 Å². The molecular formula is C9H8Cl3NO2. The van der Waals surface area contributed by atoms with E-state index in [4.69, 9.17) is 27.9 Å². The minimum absolute atomic E-state index is 0. The summed E-state index contributed by atoms with van der Waals surface area (Å²) in [5, 5.41) is 3.69. The molecule has 15 heavy (non-hydrogen) atoms. The van der Waals surface area contributed by atoms with Crippen LogP contribution in [-0.4, -0.2) is 12.7 Å². The molecule has 82 valence electrons. The molecule has 0 aromatic heterocycles. The molecule has 0 spiro atoms. The number of amides is 1. The van der Waals surface area contributed by atoms with Crippen molar-refractivity contribution < 1.29 is 9.53 Å². The Morgan fingerprint density at radius 2 is 1.93 bits per heavy atom. The van der Waals surface area contributed by atoms with Crippen molar-refractivity contribution in [3.63, 3.8) is 0 Å². The molecule has 1 aromatic rings. The average molecular weight is 269 g/mol. The van der Waals surface area contributed by atoms with Crippen LogP contribution in [-0.2, 0) is 4.74 Å². The smallest absolute Gasteiger partial charge is 0.407 e. The van der Waals surface area contributed by atoms with Gasteiger partial charge >= 0.3 is 6.09 Å². The third kappa shape index (κ3) is 2.48. The van der Waals surface area contributed by atoms with E-state index >= 15 is 0 Å². The number of carbonyl (C=O) groups excluding carboxylic acids is 1. The van der Waals surface area contributed by atoms with E-state index in [2.05, 4.69) is 5.32 Å². The number of benzene rings is 1. The van der Waals surface area contributed by atoms with Gasteiger partial charge in [-0.2, -0.15) is 0 Å². The zero-order chi connectivity index (χ0) is 10.1. The minimum atomic E-state index is -0.439. The molecule has 1 saturated heterocycles. The number of halogens is 3. The Bertz CT molecular complexity index is 363. The van der Waals surface area contributed by atoms with E-state index in [0.717, 1.165) is 0 Å². The molecule has 0 aliphatic carbocycles. The van der Waals surface area contributed by atoms with Crippen molar-refractivity contribution in [2.24, 2.45) is 0 Å². The number of ether oxygens (including phenoxy) is 1. The standard InChI is InChI=1S/C9H7Cl2NO2.ClH/c10-5-2-1-3-6(11)8(5)7-4-14-9(13)12-7;/h1-3,7H,4H2,(H,12,13);1H/t7-;/m1./s1. The number of hydrogen-bond donors (Lipinski definition) is 1. The summed E-state index contributed by atoms with van der Waals surface area (Å²) < 4.78 is 4.76. The monoisotopic (exact) mass is 267 g/mol. The number of rotatable bonds is 1. The molecule has 1 atom stereocenters. The molecule has 0 radical (unpaired) electrons. The molecule has 1 aromatic carbocycles. The van der Waals surface area contributed by atoms with Gasteiger partial charge < -0.3 is 10.1 Å². The lowest BCUT2D eigenvalue weighted by molar-refractivity contribution is 0.177. The Balaban J connectivity index is 0.00000112. The maximum absolute atomic E-state index is 10.8. The average Bonchev–Trinajstić information content (AvgIpc) is 2.51. The molecular weight excluding hydrogens is 260 g/mol. The molecule has 0 bridgehead atoms. The van der Waals surface area contributed by atoms with Crippen molar-refractivity contribution in [3.8, 4) is 0 Å². The third-order valence-electron chi connectivity index (χ3n) is 2.02. The molecule has 1 amide bonds. The molecule has 2 rings (SSSR count). The van der Waals surface area contributed by atoms with Gasteiger partial charge in [0.15, 0.2) is 0 Å². The fraction of sp³-hybridized carbons (Fsp3) is 0.222. The number of carbonyl (C=O) groups is 1. The van der Waals surface area contributed by atoms with Crippen LogP contribution in [0.3, 0.4) is 0 Å². The summed E-state index contributed by atoms with van der Waals surface area (Å²) >= 11 is 11.9. The van der Waals surface area contributed by atoms with Crippen LogP contribution in [0.5, 0.6) is 0 Å². The third-order valence-corrected chi connectivity index (χ3v) is 2.68. The van der Waals surface area contributed by atoms with Crippen LogP contribution in [0.15, 0.2) is 18.2 Å². The summed E-state index contributed by atoms with van der Waals surface area (Å²) in [6.07, 6.45) is -0.439. The van der Waals surface area contributed by atoms with Crippen molar-refractivity contribution in [2.75, 3.05) is 6.61 Å². The molecule has 1 heterocycles. The Morgan fingerprint density at radius 3 is 2.40 bits per heavy atom. The van der Waals surface area contributed by atoms with Crippen LogP contribution in [0.2, 0.25) is 10.0 Å². The van der Waals surface area contributed by atoms with Crippen LogP contribution < -0.4 is 5.32 Å². The van der Waals surface area contributed by atoms with E-state index in [1.165, 1.54) is 0 Å². The first kappa shape index (κ1) is 12.4. The van der Waals surface area contributed by atoms with Crippen LogP contribution in [0, 0.1) is 0 Å². The van der Waals surface area contributed by atoms with Crippen molar-refractivity contribution in [1.82, 2.24) is 5.32 Å². The zero-order valence-electron chi connectivity index (χ0n) is 7.50. The van der Waals surface area contributed by atoms with Gasteiger partial charge in [-0.1, -0.05) is 29.3 Å². The molecule has 6 heteroatoms. The van der Waals surface area contributed by atoms with Crippen LogP contribution in [0.25, 0.3) is 0 Å². The van der Waals surface area contributed by atoms with Gasteiger partial charge in [0.2, 0.25) is 0 Å². The predicted octanol–water partition coefficient (Wildman–Crippen LogP) is 3.20. The summed E-state index contributed by atoms with van der Waals surface area (Å²) in [7, 11) is 0. The maximum atomic E-state index is 10.8. The second-order valence-corrected chi connectivity index (χ2v) is 3.75. The predicted molar refractivity (Wildman–Crippen MR) is 60.9 cm³/mol. The minimum Gasteiger partial charge on any atom is -0.447 e. The fourth-order valence-electron chi connectivity index (χ4n) is 1.38. The first-order valence-electron chi connectivity index (χ1n) is 4.05. The van der Waals surface area contributed by atoms with Crippen LogP contribution in [0.4, 0.5) is 4.79 Å². The van der Waals surface area contributed by atoms with Gasteiger partial charge in [-0.15, -0.1) is 12.4 Å². The summed E-state index contributed by atoms with van der Waals surface area (Å²) in [5.74, 6) is 0. The van der Waals surface area contributed by atoms with E-state index < -0.39 is 6.09 Å². The van der Waals surface area contributed by atoms with Crippen molar-refractivity contribution in [2.45, 2.75) is 6.04 Å². The number of alkyl carbamates (subject to hydrolysis) is 1. The van der Waals surface area contributed by atoms with E-state index in [0.29, 0.717) is 15.6 Å². The van der Waals surface area contributed by atoms with E-state index in [1.54, 1.807) is 18.2 Å². The van der Waals surface area contributed by atoms with Crippen molar-refractivity contribution in [3.05, 3.63) is 33.8 Å². The largest absolute Gasteiger partial charge is 0.447 e. The van der Waals surface area contributed by atoms with Gasteiger partial charge in [0, 0.05) is 15.6 Å². The van der Waals surface area contributed by atoms with Crippen molar-refractivity contribution in [1.29, 1.82) is 0 Å². The fourth-order valence-corrected chi connectivity index (χ4v) is 2.04. The summed E-state index contributed by atoms with van der Waals surface area (Å²) in [6.45, 7) is 0.266. The SMILES string of the molecule is Cl.O=C1N[C@@H](c2c(Cl)cccc2Cl)CO1. The Morgan fingerprint density at radius 1 is 1.33 bits per heavy atom. The lowest BCUT2D eigenvalue weighted by atomic mass is 10.1. The molecule has 1 aliphatic heterocycles. The zero-order valence-corrected chi connectivity index (χ0v) is 9.83. The number of nitrogens with one attached hydrogen (secondary N) is 1. The second kappa shape index (κ2) is 4.92. The first-order chi connectivity index (χ1) is 6.68. The van der Waals surface area contributed by atoms with Gasteiger partial charge in [-0.3, -0.25) is 0 Å². The second-order valence-electron chi connectivity index (χ2n) is 2.93. The highest BCUT2D eigenvalue weighted by molar-refractivity contribution is 6.36. The highest BCUT2D eigenvalue weighted by Gasteiger charge is 2.27. The van der Waals surface area contributed by atoms with Crippen LogP contribution >= 0.6 is 35.6 Å². The van der Waals surface area contributed by atoms with Crippen LogP contribution in [0.1, 0.15) is 11.6 Å². The quantitative estimate of drug-likeness (QED) is 0.849. The lowest BCUT2D eigenvalue weighted by Gasteiger charge is -2.11. The molecule has 0 unspecified atom stereocenters. The maximum Gasteiger partial charge on any atom is 0.407 e. The molecule has 1 N–H and O–H groups in total. The van der Waals surface area contributed by atoms with E-state index in [-0.39, 0.29) is 25.1 Å². The summed E-state index contributed by atoms with van der Waals surface area (Å²) in [5.41, 5.74) is 0.710. The number of cyclic esters (lactones) is 1. The summed E-state index contributed by atoms with van der Waals surface area (Å²) in [4.78, 5) is 10.8. The summed E-state index contributed by atoms with van der Waals surface area (Å²) in [6, 6.07) is 4.97. The molecule has 1 fully saturated rings. The topological polar surface area (TPSA) is 38.3 Å². The lowest BCUT2D eigenvalue weighted by Crippen LogP contribution is -2.18. The van der Waals surface area contributed by atoms with E-state index in [1.807, 2.05) is 0 Å². The Kier molecular flexibility index (Phi) is 4.08. The molecule has 1 aliphatic rings. The van der Waals surface area contributed by atoms with Gasteiger partial charge in [-0.25, -0.2) is 4.79 Å². The van der Waals surface area contributed by atoms with Gasteiger partial charge in [0.25, 0.3) is 0 Å². The highest BCUT2D eigenvalue weighted by Crippen LogP contribution is 2.31. The van der Waals surface area contributed by atoms with Gasteiger partial charge in [0.05, 0.1) is 6.04 Å². The Hall–Kier alpha value is -0.640. The highest BCUT2D eigenvalue weighted by atomic mass is 35.5. The normalized spacial score (nSPS) is 19.1. The van der Waals surface area contributed by atoms with Gasteiger partial charge in [-0.05, 0) is 12.1 Å². The molecule has 3 nitrogen and oxygen atoms in total. The Labute approximate surface area is 103 Å². The van der Waals surface area contributed by atoms with Gasteiger partial charge in [0.1, 0.15) is 6.61 Å².